The second kappa shape index (κ2) is 28.7. The van der Waals surface area contributed by atoms with Crippen molar-refractivity contribution < 1.29 is 52.9 Å². The number of benzene rings is 4. The zero-order chi connectivity index (χ0) is 59.2. The lowest BCUT2D eigenvalue weighted by atomic mass is 9.87. The van der Waals surface area contributed by atoms with E-state index in [1.54, 1.807) is 91.9 Å². The Labute approximate surface area is 471 Å². The van der Waals surface area contributed by atoms with Crippen LogP contribution >= 0.6 is 0 Å². The Morgan fingerprint density at radius 1 is 0.800 bits per heavy atom. The molecular formula is C61H82N7O12+. The zero-order valence-electron chi connectivity index (χ0n) is 48.5. The summed E-state index contributed by atoms with van der Waals surface area (Å²) in [5.41, 5.74) is 1.23. The van der Waals surface area contributed by atoms with Crippen LogP contribution in [0.1, 0.15) is 111 Å². The van der Waals surface area contributed by atoms with Crippen LogP contribution in [0.2, 0.25) is 0 Å². The van der Waals surface area contributed by atoms with Crippen molar-refractivity contribution in [3.8, 4) is 29.2 Å². The van der Waals surface area contributed by atoms with E-state index in [0.29, 0.717) is 36.1 Å². The Balaban J connectivity index is 1.29. The maximum absolute atomic E-state index is 14.8. The molecule has 0 bridgehead atoms. The third-order valence-corrected chi connectivity index (χ3v) is 15.5. The van der Waals surface area contributed by atoms with Gasteiger partial charge in [-0.15, -0.1) is 0 Å². The quantitative estimate of drug-likeness (QED) is 0.0395. The molecule has 0 radical (unpaired) electrons. The van der Waals surface area contributed by atoms with Gasteiger partial charge in [-0.05, 0) is 84.5 Å². The third-order valence-electron chi connectivity index (χ3n) is 15.5. The molecule has 5 amide bonds. The van der Waals surface area contributed by atoms with E-state index in [4.69, 9.17) is 25.5 Å². The summed E-state index contributed by atoms with van der Waals surface area (Å²) in [6.45, 7) is 22.4. The fourth-order valence-electron chi connectivity index (χ4n) is 10.8. The van der Waals surface area contributed by atoms with E-state index >= 15 is 0 Å². The van der Waals surface area contributed by atoms with Crippen LogP contribution in [0.4, 0.5) is 10.5 Å². The molecule has 1 saturated heterocycles. The fraction of sp³-hybridized carbons (Fsp3) is 0.508. The number of likely N-dealkylation sites (N-methyl/N-ethyl adjacent to an activating group) is 2. The largest absolute Gasteiger partial charge is 0.450 e. The zero-order valence-corrected chi connectivity index (χ0v) is 48.5. The second-order valence-corrected chi connectivity index (χ2v) is 21.6. The number of hydrogen-bond acceptors (Lipinski definition) is 12. The molecule has 4 aromatic carbocycles. The molecule has 4 aromatic rings. The summed E-state index contributed by atoms with van der Waals surface area (Å²) < 4.78 is 24.0. The third kappa shape index (κ3) is 14.9. The number of nitrogens with zero attached hydrogens (tertiary/aromatic N) is 5. The van der Waals surface area contributed by atoms with Gasteiger partial charge in [0.2, 0.25) is 29.4 Å². The number of carbonyl (C=O) groups excluding carboxylic acids is 5. The van der Waals surface area contributed by atoms with Gasteiger partial charge in [0.25, 0.3) is 6.57 Å². The number of likely N-dealkylation sites (tertiary alicyclic amines) is 1. The van der Waals surface area contributed by atoms with E-state index in [-0.39, 0.29) is 36.2 Å². The number of methoxy groups -OCH3 is 2. The lowest BCUT2D eigenvalue weighted by molar-refractivity contribution is -0.385. The summed E-state index contributed by atoms with van der Waals surface area (Å²) in [7, 11) is 5.95. The molecule has 1 heterocycles. The number of ether oxygens (including phenoxy) is 4. The maximum Gasteiger partial charge on any atom is 0.410 e. The van der Waals surface area contributed by atoms with Crippen molar-refractivity contribution >= 4 is 35.4 Å². The van der Waals surface area contributed by atoms with Crippen molar-refractivity contribution in [1.82, 2.24) is 25.3 Å². The van der Waals surface area contributed by atoms with Crippen LogP contribution < -0.4 is 15.4 Å². The molecule has 1 aliphatic heterocycles. The molecule has 3 N–H and O–H groups in total. The van der Waals surface area contributed by atoms with E-state index in [9.17, 15) is 39.2 Å². The molecule has 0 saturated carbocycles. The summed E-state index contributed by atoms with van der Waals surface area (Å²) in [6.07, 6.45) is -3.42. The highest BCUT2D eigenvalue weighted by Gasteiger charge is 2.62. The average Bonchev–Trinajstić information content (AvgIpc) is 4.06. The number of nitro benzene ring substituents is 1. The van der Waals surface area contributed by atoms with E-state index < -0.39 is 101 Å². The lowest BCUT2D eigenvalue weighted by Gasteiger charge is -2.41. The molecule has 5 rings (SSSR count). The van der Waals surface area contributed by atoms with Gasteiger partial charge in [-0.1, -0.05) is 133 Å². The van der Waals surface area contributed by atoms with Gasteiger partial charge in [0.05, 0.1) is 48.0 Å². The van der Waals surface area contributed by atoms with Gasteiger partial charge >= 0.3 is 17.4 Å². The number of nitro groups is 1. The number of hydrogen-bond donors (Lipinski definition) is 3. The van der Waals surface area contributed by atoms with Gasteiger partial charge in [-0.2, -0.15) is 0 Å². The van der Waals surface area contributed by atoms with Crippen LogP contribution in [-0.4, -0.2) is 131 Å². The first-order chi connectivity index (χ1) is 38.0. The highest BCUT2D eigenvalue weighted by molar-refractivity contribution is 5.92. The fourth-order valence-corrected chi connectivity index (χ4v) is 10.8. The highest BCUT2D eigenvalue weighted by atomic mass is 16.6. The Morgan fingerprint density at radius 3 is 1.96 bits per heavy atom. The molecule has 1 fully saturated rings. The van der Waals surface area contributed by atoms with Crippen molar-refractivity contribution in [1.29, 1.82) is 0 Å². The first kappa shape index (κ1) is 63.4. The van der Waals surface area contributed by atoms with Crippen molar-refractivity contribution in [2.24, 2.45) is 23.7 Å². The number of aliphatic hydroxyl groups excluding tert-OH is 1. The molecule has 80 heavy (non-hydrogen) atoms. The molecule has 2 unspecified atom stereocenters. The lowest BCUT2D eigenvalue weighted by Crippen LogP contribution is -2.61. The number of carbonyl (C=O) groups is 5. The van der Waals surface area contributed by atoms with Gasteiger partial charge in [0.1, 0.15) is 23.9 Å². The van der Waals surface area contributed by atoms with E-state index in [1.807, 2.05) is 62.4 Å². The van der Waals surface area contributed by atoms with Crippen LogP contribution in [0, 0.1) is 40.4 Å². The predicted octanol–water partition coefficient (Wildman–Crippen LogP) is 9.80. The SMILES string of the molecule is C#[N+][C@@]1([C@H](OC)[C@@H](C)C(=O)N[C@H](C)[C@@H](O)c2ccccc2)CCCN1C(=O)C[C@@H](OC)C([C@@H](C)CC)N(C)C(=O)[C@@H](NC(=O)[C@H](C(C)C)N(C)C(=O)OC(C)c1ccc([N+](=O)[O-])c(Oc2ccc(-c3ccccc3)cc2)c1)C(C)C. The van der Waals surface area contributed by atoms with E-state index in [1.165, 1.54) is 49.3 Å². The second-order valence-electron chi connectivity index (χ2n) is 21.6. The van der Waals surface area contributed by atoms with Gasteiger partial charge in [0, 0.05) is 40.9 Å². The molecule has 0 spiro atoms. The van der Waals surface area contributed by atoms with Crippen molar-refractivity contribution in [3.05, 3.63) is 129 Å². The summed E-state index contributed by atoms with van der Waals surface area (Å²) in [5, 5.41) is 28.9. The molecule has 0 aromatic heterocycles. The smallest absolute Gasteiger partial charge is 0.410 e. The Hall–Kier alpha value is -7.40. The van der Waals surface area contributed by atoms with Crippen molar-refractivity contribution in [3.63, 3.8) is 0 Å². The van der Waals surface area contributed by atoms with Crippen molar-refractivity contribution in [2.75, 3.05) is 34.9 Å². The minimum Gasteiger partial charge on any atom is -0.450 e. The Kier molecular flexibility index (Phi) is 22.7. The van der Waals surface area contributed by atoms with Crippen LogP contribution in [0.5, 0.6) is 11.5 Å². The van der Waals surface area contributed by atoms with E-state index in [0.717, 1.165) is 16.0 Å². The molecule has 432 valence electrons. The topological polar surface area (TPSA) is 224 Å². The van der Waals surface area contributed by atoms with E-state index in [2.05, 4.69) is 15.5 Å². The number of aliphatic hydroxyl groups is 1. The molecule has 0 aliphatic carbocycles. The van der Waals surface area contributed by atoms with Gasteiger partial charge in [-0.3, -0.25) is 39.1 Å². The maximum atomic E-state index is 14.8. The molecule has 11 atom stereocenters. The minimum atomic E-state index is -1.44. The van der Waals surface area contributed by atoms with Gasteiger partial charge in [0.15, 0.2) is 6.10 Å². The average molecular weight is 1110 g/mol. The minimum absolute atomic E-state index is 0.0588. The summed E-state index contributed by atoms with van der Waals surface area (Å²) in [6, 6.07) is 26.5. The first-order valence-electron chi connectivity index (χ1n) is 27.4. The van der Waals surface area contributed by atoms with Crippen molar-refractivity contribution in [2.45, 2.75) is 142 Å². The monoisotopic (exact) mass is 1100 g/mol. The number of amides is 5. The molecule has 1 aliphatic rings. The molecular weight excluding hydrogens is 1020 g/mol. The number of nitrogens with one attached hydrogen (secondary N) is 2. The summed E-state index contributed by atoms with van der Waals surface area (Å²) in [4.78, 5) is 91.8. The highest BCUT2D eigenvalue weighted by Crippen LogP contribution is 2.40. The normalized spacial score (nSPS) is 18.0. The molecule has 19 nitrogen and oxygen atoms in total. The summed E-state index contributed by atoms with van der Waals surface area (Å²) >= 11 is 0. The Bertz CT molecular complexity index is 2780. The number of rotatable bonds is 26. The van der Waals surface area contributed by atoms with Crippen LogP contribution in [0.25, 0.3) is 16.0 Å². The van der Waals surface area contributed by atoms with Gasteiger partial charge in [-0.25, -0.2) is 4.79 Å². The van der Waals surface area contributed by atoms with Crippen LogP contribution in [0.15, 0.2) is 103 Å². The van der Waals surface area contributed by atoms with Crippen LogP contribution in [-0.2, 0) is 33.4 Å². The van der Waals surface area contributed by atoms with Gasteiger partial charge < -0.3 is 39.6 Å². The van der Waals surface area contributed by atoms with Crippen LogP contribution in [0.3, 0.4) is 0 Å². The standard InChI is InChI=1S/C61H81N7O12/c1-15-39(6)54(50(77-13)36-51(69)67-34-22-33-61(67,62-10)56(78-14)40(7)57(71)63-41(8)55(70)45-25-20-17-21-26-45)65(11)59(73)52(37(2)3)64-58(72)53(38(4)5)66(12)60(74)79-42(9)46-29-32-48(68(75)76)49(35-46)80-47-30-27-44(28-31-47)43-23-18-16-19-24-43/h10,16-21,23-32,35,37-42,50,52-56,70H,15,22,33-34,36H2,1-9,11-14H3,(H-,63,64,71,72)/p+1/t39-,40+,41+,42?,50+,52-,53-,54?,55+,56+,61-/m0/s1. The summed E-state index contributed by atoms with van der Waals surface area (Å²) in [5.74, 6) is -3.56. The Morgan fingerprint density at radius 2 is 1.41 bits per heavy atom. The predicted molar refractivity (Wildman–Crippen MR) is 305 cm³/mol. The molecule has 19 heteroatoms. The first-order valence-corrected chi connectivity index (χ1v) is 27.4.